The summed E-state index contributed by atoms with van der Waals surface area (Å²) < 4.78 is 9.91. The van der Waals surface area contributed by atoms with Gasteiger partial charge >= 0.3 is 279 Å². The fourth-order valence-electron chi connectivity index (χ4n) is 6.44. The fourth-order valence-corrected chi connectivity index (χ4v) is 12.3. The first-order valence-electron chi connectivity index (χ1n) is 16.8. The predicted octanol–water partition coefficient (Wildman–Crippen LogP) is 10.4. The molecule has 0 spiro atoms. The van der Waals surface area contributed by atoms with Crippen LogP contribution in [0.2, 0.25) is 0 Å². The van der Waals surface area contributed by atoms with E-state index >= 15 is 0 Å². The van der Waals surface area contributed by atoms with Gasteiger partial charge in [-0.3, -0.25) is 0 Å². The zero-order chi connectivity index (χ0) is 33.9. The van der Waals surface area contributed by atoms with Crippen LogP contribution < -0.4 is 15.9 Å². The van der Waals surface area contributed by atoms with Crippen LogP contribution in [0.3, 0.4) is 0 Å². The molecular formula is C46H41OOsP+. The van der Waals surface area contributed by atoms with E-state index in [2.05, 4.69) is 187 Å². The van der Waals surface area contributed by atoms with E-state index in [1.807, 2.05) is 24.9 Å². The summed E-state index contributed by atoms with van der Waals surface area (Å²) in [4.78, 5) is 0. The predicted molar refractivity (Wildman–Crippen MR) is 210 cm³/mol. The molecule has 6 rings (SSSR count). The summed E-state index contributed by atoms with van der Waals surface area (Å²) >= 11 is 1.83. The van der Waals surface area contributed by atoms with Crippen molar-refractivity contribution >= 4 is 47.0 Å². The molecule has 3 heteroatoms. The van der Waals surface area contributed by atoms with E-state index in [1.165, 1.54) is 54.6 Å². The zero-order valence-electron chi connectivity index (χ0n) is 28.1. The Morgan fingerprint density at radius 3 is 1.53 bits per heavy atom. The second-order valence-electron chi connectivity index (χ2n) is 12.0. The second kappa shape index (κ2) is 16.8. The summed E-state index contributed by atoms with van der Waals surface area (Å²) in [5, 5.41) is 5.16. The third-order valence-corrected chi connectivity index (χ3v) is 14.2. The monoisotopic (exact) mass is 832 g/mol. The maximum absolute atomic E-state index is 6.04. The quantitative estimate of drug-likeness (QED) is 0.101. The molecule has 1 fully saturated rings. The zero-order valence-corrected chi connectivity index (χ0v) is 31.5. The summed E-state index contributed by atoms with van der Waals surface area (Å²) in [6, 6.07) is 50.9. The van der Waals surface area contributed by atoms with Crippen molar-refractivity contribution in [2.24, 2.45) is 0 Å². The van der Waals surface area contributed by atoms with Crippen molar-refractivity contribution in [3.63, 3.8) is 0 Å². The number of hydrogen-bond acceptors (Lipinski definition) is 1. The van der Waals surface area contributed by atoms with Crippen molar-refractivity contribution in [3.05, 3.63) is 196 Å². The Bertz CT molecular complexity index is 1950. The molecule has 0 aliphatic carbocycles. The van der Waals surface area contributed by atoms with Crippen molar-refractivity contribution in [1.82, 2.24) is 0 Å². The van der Waals surface area contributed by atoms with Gasteiger partial charge in [-0.2, -0.15) is 0 Å². The molecule has 0 saturated carbocycles. The molecule has 0 radical (unpaired) electrons. The molecule has 5 aromatic rings. The van der Waals surface area contributed by atoms with Crippen LogP contribution in [0.5, 0.6) is 0 Å². The van der Waals surface area contributed by atoms with Crippen molar-refractivity contribution in [2.75, 3.05) is 13.2 Å². The minimum absolute atomic E-state index is 0.607. The van der Waals surface area contributed by atoms with E-state index in [9.17, 15) is 0 Å². The summed E-state index contributed by atoms with van der Waals surface area (Å²) in [5.74, 6) is 0. The third-order valence-electron chi connectivity index (χ3n) is 8.79. The van der Waals surface area contributed by atoms with Crippen LogP contribution in [-0.4, -0.2) is 13.2 Å². The summed E-state index contributed by atoms with van der Waals surface area (Å²) in [7, 11) is -2.40. The van der Waals surface area contributed by atoms with Crippen molar-refractivity contribution < 1.29 is 22.7 Å². The van der Waals surface area contributed by atoms with E-state index in [0.717, 1.165) is 12.0 Å². The van der Waals surface area contributed by atoms with Crippen LogP contribution in [0, 0.1) is 4.37 Å². The SMILES string of the molecule is C/C=C/c1ccc(/C=C/c2ccc(C(C=C3COCC3=CCC)=C([C]#[Os])[P+](c3ccccc3)(c3ccccc3)c3ccccc3)cc2)cc1. The van der Waals surface area contributed by atoms with Gasteiger partial charge in [0.15, 0.2) is 0 Å². The summed E-state index contributed by atoms with van der Waals surface area (Å²) in [6.45, 7) is 5.50. The van der Waals surface area contributed by atoms with Gasteiger partial charge in [0.1, 0.15) is 0 Å². The van der Waals surface area contributed by atoms with E-state index in [4.69, 9.17) is 4.74 Å². The first-order chi connectivity index (χ1) is 24.2. The first kappa shape index (κ1) is 34.5. The fraction of sp³-hybridized carbons (Fsp3) is 0.109. The Labute approximate surface area is 302 Å². The van der Waals surface area contributed by atoms with Gasteiger partial charge < -0.3 is 0 Å². The van der Waals surface area contributed by atoms with Gasteiger partial charge in [-0.25, -0.2) is 0 Å². The number of ether oxygens (including phenoxy) is 1. The normalized spacial score (nSPS) is 15.6. The maximum atomic E-state index is 6.04. The average Bonchev–Trinajstić information content (AvgIpc) is 3.61. The van der Waals surface area contributed by atoms with Gasteiger partial charge in [0, 0.05) is 0 Å². The molecule has 0 amide bonds. The van der Waals surface area contributed by atoms with Crippen LogP contribution in [0.1, 0.15) is 42.5 Å². The van der Waals surface area contributed by atoms with Crippen molar-refractivity contribution in [2.45, 2.75) is 20.3 Å². The van der Waals surface area contributed by atoms with Crippen molar-refractivity contribution in [3.8, 4) is 4.37 Å². The van der Waals surface area contributed by atoms with Crippen LogP contribution in [-0.2, 0) is 22.7 Å². The van der Waals surface area contributed by atoms with Crippen LogP contribution in [0.4, 0.5) is 0 Å². The number of hydrogen-bond donors (Lipinski definition) is 0. The van der Waals surface area contributed by atoms with Gasteiger partial charge in [0.05, 0.1) is 0 Å². The second-order valence-corrected chi connectivity index (χ2v) is 15.9. The molecule has 5 aromatic carbocycles. The van der Waals surface area contributed by atoms with Gasteiger partial charge in [0.2, 0.25) is 0 Å². The number of benzene rings is 5. The van der Waals surface area contributed by atoms with Gasteiger partial charge in [-0.05, 0) is 12.5 Å². The van der Waals surface area contributed by atoms with E-state index in [0.29, 0.717) is 13.2 Å². The molecule has 1 heterocycles. The Kier molecular flexibility index (Phi) is 11.8. The topological polar surface area (TPSA) is 9.23 Å². The number of allylic oxidation sites excluding steroid dienone is 5. The standard InChI is InChI=1S/C46H41OP.Os/c1-4-15-37-23-25-38(26-24-37)27-28-39-29-31-40(32-30-39)46(33-42-35-47-34-41(42)16-5-2)36(3)48(43-17-9-6-10-18-43,44-19-11-7-12-20-44)45-21-13-8-14-22-45;/h4,6-33H,5,34-35H2,1-2H3;/q+1;/b15-4+,28-27+,41-16?,42-33?,46-36?;. The Balaban J connectivity index is 1.58. The van der Waals surface area contributed by atoms with Gasteiger partial charge in [-0.1, -0.05) is 12.2 Å². The van der Waals surface area contributed by atoms with Crippen LogP contribution in [0.15, 0.2) is 174 Å². The van der Waals surface area contributed by atoms with Gasteiger partial charge in [0.25, 0.3) is 0 Å². The van der Waals surface area contributed by atoms with Gasteiger partial charge in [-0.15, -0.1) is 0 Å². The van der Waals surface area contributed by atoms with E-state index < -0.39 is 7.26 Å². The molecule has 1 aliphatic heterocycles. The molecule has 49 heavy (non-hydrogen) atoms. The Morgan fingerprint density at radius 1 is 0.633 bits per heavy atom. The average molecular weight is 831 g/mol. The third kappa shape index (κ3) is 7.76. The molecule has 0 atom stereocenters. The summed E-state index contributed by atoms with van der Waals surface area (Å²) in [5.41, 5.74) is 8.43. The van der Waals surface area contributed by atoms with Crippen LogP contribution >= 0.6 is 7.26 Å². The van der Waals surface area contributed by atoms with E-state index in [1.54, 1.807) is 0 Å². The molecule has 243 valence electrons. The van der Waals surface area contributed by atoms with E-state index in [-0.39, 0.29) is 0 Å². The van der Waals surface area contributed by atoms with Crippen LogP contribution in [0.25, 0.3) is 23.8 Å². The first-order valence-corrected chi connectivity index (χ1v) is 19.9. The molecule has 1 saturated heterocycles. The van der Waals surface area contributed by atoms with Crippen molar-refractivity contribution in [1.29, 1.82) is 0 Å². The Hall–Kier alpha value is -4.39. The number of rotatable bonds is 10. The molecule has 0 N–H and O–H groups in total. The molecule has 1 nitrogen and oxygen atoms in total. The Morgan fingerprint density at radius 2 is 1.08 bits per heavy atom. The molecule has 1 aliphatic rings. The molecule has 0 aromatic heterocycles. The molecule has 0 unspecified atom stereocenters. The minimum atomic E-state index is -2.40. The molecule has 0 bridgehead atoms. The summed E-state index contributed by atoms with van der Waals surface area (Å²) in [6.07, 6.45) is 14.2. The molecular weight excluding hydrogens is 790 g/mol.